The van der Waals surface area contributed by atoms with Crippen LogP contribution in [0.4, 0.5) is 0 Å². The van der Waals surface area contributed by atoms with Gasteiger partial charge in [0.2, 0.25) is 0 Å². The summed E-state index contributed by atoms with van der Waals surface area (Å²) in [5, 5.41) is 0. The lowest BCUT2D eigenvalue weighted by Gasteiger charge is -2.27. The monoisotopic (exact) mass is 666 g/mol. The van der Waals surface area contributed by atoms with E-state index in [1.807, 2.05) is 55.5 Å². The molecule has 182 valence electrons. The van der Waals surface area contributed by atoms with E-state index in [4.69, 9.17) is 14.5 Å². The van der Waals surface area contributed by atoms with Gasteiger partial charge in [0.05, 0.1) is 29.5 Å². The van der Waals surface area contributed by atoms with E-state index in [1.165, 1.54) is 11.3 Å². The smallest absolute Gasteiger partial charge is 0.338 e. The molecule has 6 nitrogen and oxygen atoms in total. The van der Waals surface area contributed by atoms with Gasteiger partial charge in [-0.3, -0.25) is 9.36 Å². The maximum Gasteiger partial charge on any atom is 0.338 e. The van der Waals surface area contributed by atoms with Crippen molar-refractivity contribution in [2.24, 2.45) is 4.99 Å². The molecule has 0 bridgehead atoms. The maximum atomic E-state index is 13.8. The molecule has 0 saturated heterocycles. The molecule has 0 aliphatic carbocycles. The van der Waals surface area contributed by atoms with E-state index >= 15 is 0 Å². The number of rotatable bonds is 7. The number of nitrogens with zero attached hydrogens (tertiary/aromatic N) is 2. The number of allylic oxidation sites excluding steroid dienone is 1. The van der Waals surface area contributed by atoms with Crippen molar-refractivity contribution < 1.29 is 14.3 Å². The van der Waals surface area contributed by atoms with Crippen molar-refractivity contribution in [2.75, 3.05) is 13.7 Å². The molecule has 1 aliphatic heterocycles. The molecule has 0 fully saturated rings. The number of ether oxygens (including phenoxy) is 2. The number of carbonyl (C=O) groups excluding carboxylic acids is 1. The molecule has 1 aromatic heterocycles. The molecule has 2 heterocycles. The van der Waals surface area contributed by atoms with Crippen LogP contribution in [-0.4, -0.2) is 24.3 Å². The SMILES string of the molecule is CCCC1=C(C(=O)OCC)[C@@H](c2cc(Br)ccc2OC)n2c(s/c(=C/c3ccc(I)cc3)c2=O)=N1. The van der Waals surface area contributed by atoms with Gasteiger partial charge in [0.25, 0.3) is 5.56 Å². The molecule has 9 heteroatoms. The van der Waals surface area contributed by atoms with Gasteiger partial charge in [-0.05, 0) is 77.9 Å². The van der Waals surface area contributed by atoms with Gasteiger partial charge in [0.1, 0.15) is 11.8 Å². The molecule has 0 unspecified atom stereocenters. The Morgan fingerprint density at radius 3 is 2.63 bits per heavy atom. The van der Waals surface area contributed by atoms with Crippen LogP contribution >= 0.6 is 49.9 Å². The third kappa shape index (κ3) is 5.31. The highest BCUT2D eigenvalue weighted by molar-refractivity contribution is 14.1. The number of carbonyl (C=O) groups is 1. The van der Waals surface area contributed by atoms with Gasteiger partial charge in [0.15, 0.2) is 4.80 Å². The fourth-order valence-corrected chi connectivity index (χ4v) is 5.80. The molecule has 3 aromatic rings. The summed E-state index contributed by atoms with van der Waals surface area (Å²) >= 11 is 7.11. The van der Waals surface area contributed by atoms with E-state index < -0.39 is 12.0 Å². The van der Waals surface area contributed by atoms with Crippen LogP contribution in [0.2, 0.25) is 0 Å². The van der Waals surface area contributed by atoms with Gasteiger partial charge in [-0.1, -0.05) is 52.7 Å². The van der Waals surface area contributed by atoms with Gasteiger partial charge in [0, 0.05) is 13.6 Å². The van der Waals surface area contributed by atoms with Crippen LogP contribution in [0.25, 0.3) is 6.08 Å². The van der Waals surface area contributed by atoms with E-state index in [2.05, 4.69) is 38.5 Å². The van der Waals surface area contributed by atoms with Crippen molar-refractivity contribution in [2.45, 2.75) is 32.7 Å². The second kappa shape index (κ2) is 11.2. The van der Waals surface area contributed by atoms with Crippen LogP contribution in [-0.2, 0) is 9.53 Å². The van der Waals surface area contributed by atoms with Crippen molar-refractivity contribution in [1.29, 1.82) is 0 Å². The molecule has 35 heavy (non-hydrogen) atoms. The number of benzene rings is 2. The molecular formula is C26H24BrIN2O4S. The number of fused-ring (bicyclic) bond motifs is 1. The van der Waals surface area contributed by atoms with Crippen LogP contribution in [0, 0.1) is 3.57 Å². The fraction of sp³-hybridized carbons (Fsp3) is 0.269. The first-order chi connectivity index (χ1) is 16.9. The summed E-state index contributed by atoms with van der Waals surface area (Å²) in [7, 11) is 1.58. The summed E-state index contributed by atoms with van der Waals surface area (Å²) in [4.78, 5) is 32.4. The zero-order valence-electron chi connectivity index (χ0n) is 19.5. The number of hydrogen-bond acceptors (Lipinski definition) is 6. The lowest BCUT2D eigenvalue weighted by molar-refractivity contribution is -0.139. The average Bonchev–Trinajstić information content (AvgIpc) is 3.14. The maximum absolute atomic E-state index is 13.8. The normalized spacial score (nSPS) is 15.6. The molecule has 0 saturated carbocycles. The summed E-state index contributed by atoms with van der Waals surface area (Å²) in [5.41, 5.74) is 2.41. The van der Waals surface area contributed by atoms with Crippen molar-refractivity contribution in [1.82, 2.24) is 4.57 Å². The Bertz CT molecular complexity index is 1470. The Kier molecular flexibility index (Phi) is 8.28. The van der Waals surface area contributed by atoms with E-state index in [0.717, 1.165) is 20.0 Å². The van der Waals surface area contributed by atoms with Crippen LogP contribution < -0.4 is 19.6 Å². The fourth-order valence-electron chi connectivity index (χ4n) is 4.04. The van der Waals surface area contributed by atoms with Crippen LogP contribution in [0.3, 0.4) is 0 Å². The summed E-state index contributed by atoms with van der Waals surface area (Å²) in [5.74, 6) is 0.101. The van der Waals surface area contributed by atoms with Gasteiger partial charge in [-0.2, -0.15) is 0 Å². The second-order valence-corrected chi connectivity index (χ2v) is 11.0. The number of hydrogen-bond donors (Lipinski definition) is 0. The minimum atomic E-state index is -0.724. The van der Waals surface area contributed by atoms with Gasteiger partial charge in [-0.15, -0.1) is 0 Å². The van der Waals surface area contributed by atoms with Crippen LogP contribution in [0.15, 0.2) is 68.0 Å². The van der Waals surface area contributed by atoms with Gasteiger partial charge < -0.3 is 9.47 Å². The zero-order valence-corrected chi connectivity index (χ0v) is 24.1. The first-order valence-corrected chi connectivity index (χ1v) is 13.9. The quantitative estimate of drug-likeness (QED) is 0.264. The summed E-state index contributed by atoms with van der Waals surface area (Å²) < 4.78 is 15.2. The molecule has 1 aliphatic rings. The first kappa shape index (κ1) is 25.8. The minimum absolute atomic E-state index is 0.211. The van der Waals surface area contributed by atoms with Gasteiger partial charge in [-0.25, -0.2) is 9.79 Å². The summed E-state index contributed by atoms with van der Waals surface area (Å²) in [6.07, 6.45) is 3.24. The highest BCUT2D eigenvalue weighted by Crippen LogP contribution is 2.38. The Labute approximate surface area is 229 Å². The van der Waals surface area contributed by atoms with Crippen LogP contribution in [0.1, 0.15) is 43.9 Å². The van der Waals surface area contributed by atoms with Crippen LogP contribution in [0.5, 0.6) is 5.75 Å². The predicted molar refractivity (Wildman–Crippen MR) is 149 cm³/mol. The third-order valence-corrected chi connectivity index (χ3v) is 7.74. The highest BCUT2D eigenvalue weighted by Gasteiger charge is 2.36. The number of methoxy groups -OCH3 is 1. The summed E-state index contributed by atoms with van der Waals surface area (Å²) in [6.45, 7) is 4.02. The lowest BCUT2D eigenvalue weighted by Crippen LogP contribution is -2.40. The van der Waals surface area contributed by atoms with Crippen molar-refractivity contribution in [3.63, 3.8) is 0 Å². The van der Waals surface area contributed by atoms with E-state index in [-0.39, 0.29) is 12.2 Å². The molecule has 0 N–H and O–H groups in total. The molecule has 1 atom stereocenters. The van der Waals surface area contributed by atoms with Gasteiger partial charge >= 0.3 is 5.97 Å². The molecule has 2 aromatic carbocycles. The van der Waals surface area contributed by atoms with Crippen molar-refractivity contribution in [3.05, 3.63) is 92.6 Å². The Morgan fingerprint density at radius 1 is 1.23 bits per heavy atom. The summed E-state index contributed by atoms with van der Waals surface area (Å²) in [6, 6.07) is 12.8. The van der Waals surface area contributed by atoms with Crippen molar-refractivity contribution in [3.8, 4) is 5.75 Å². The Hall–Kier alpha value is -2.24. The zero-order chi connectivity index (χ0) is 25.1. The molecule has 0 radical (unpaired) electrons. The minimum Gasteiger partial charge on any atom is -0.496 e. The molecule has 0 spiro atoms. The molecular weight excluding hydrogens is 643 g/mol. The number of halogens is 2. The topological polar surface area (TPSA) is 69.9 Å². The van der Waals surface area contributed by atoms with E-state index in [0.29, 0.717) is 38.3 Å². The Morgan fingerprint density at radius 2 is 1.97 bits per heavy atom. The largest absolute Gasteiger partial charge is 0.496 e. The number of esters is 1. The number of thiazole rings is 1. The van der Waals surface area contributed by atoms with Crippen molar-refractivity contribution >= 4 is 61.9 Å². The van der Waals surface area contributed by atoms with E-state index in [1.54, 1.807) is 18.6 Å². The standard InChI is InChI=1S/C26H24BrIN2O4S/c1-4-6-19-22(25(32)34-5-2)23(18-14-16(27)9-12-20(18)33-3)30-24(31)21(35-26(30)29-19)13-15-7-10-17(28)11-8-15/h7-14,23H,4-6H2,1-3H3/b21-13+/t23-/m1/s1. The lowest BCUT2D eigenvalue weighted by atomic mass is 9.93. The van der Waals surface area contributed by atoms with E-state index in [9.17, 15) is 9.59 Å². The third-order valence-electron chi connectivity index (χ3n) is 5.55. The number of aromatic nitrogens is 1. The Balaban J connectivity index is 2.04. The molecule has 0 amide bonds. The first-order valence-electron chi connectivity index (χ1n) is 11.2. The predicted octanol–water partition coefficient (Wildman–Crippen LogP) is 4.95. The molecule has 4 rings (SSSR count). The second-order valence-electron chi connectivity index (χ2n) is 7.85. The highest BCUT2D eigenvalue weighted by atomic mass is 127. The average molecular weight is 667 g/mol.